The number of rotatable bonds is 5. The summed E-state index contributed by atoms with van der Waals surface area (Å²) in [5.74, 6) is -0.402. The standard InChI is InChI=1S/C21H19N3O2/c1-2-26-21(25)19-12-20(17-13-22-18-11-7-6-10-16(17)18)24(23-19)14-15-8-4-3-5-9-15/h3-13,22H,2,14H2,1H3. The lowest BCUT2D eigenvalue weighted by Gasteiger charge is -2.07. The van der Waals surface area contributed by atoms with Gasteiger partial charge < -0.3 is 9.72 Å². The second kappa shape index (κ2) is 6.88. The Hall–Kier alpha value is -3.34. The average molecular weight is 345 g/mol. The Morgan fingerprint density at radius 2 is 1.88 bits per heavy atom. The Bertz CT molecular complexity index is 1050. The maximum atomic E-state index is 12.2. The van der Waals surface area contributed by atoms with E-state index in [0.29, 0.717) is 18.8 Å². The van der Waals surface area contributed by atoms with E-state index in [1.54, 1.807) is 13.0 Å². The number of carbonyl (C=O) groups is 1. The lowest BCUT2D eigenvalue weighted by atomic mass is 10.1. The third-order valence-corrected chi connectivity index (χ3v) is 4.30. The molecule has 130 valence electrons. The van der Waals surface area contributed by atoms with E-state index in [-0.39, 0.29) is 0 Å². The number of carbonyl (C=O) groups excluding carboxylic acids is 1. The van der Waals surface area contributed by atoms with Crippen LogP contribution in [0.1, 0.15) is 23.0 Å². The number of H-pyrrole nitrogens is 1. The summed E-state index contributed by atoms with van der Waals surface area (Å²) in [6, 6.07) is 20.0. The quantitative estimate of drug-likeness (QED) is 0.550. The van der Waals surface area contributed by atoms with Crippen molar-refractivity contribution >= 4 is 16.9 Å². The molecule has 0 aliphatic heterocycles. The van der Waals surface area contributed by atoms with Crippen LogP contribution in [-0.4, -0.2) is 27.3 Å². The van der Waals surface area contributed by atoms with Gasteiger partial charge in [-0.3, -0.25) is 4.68 Å². The molecular formula is C21H19N3O2. The van der Waals surface area contributed by atoms with Crippen molar-refractivity contribution in [2.24, 2.45) is 0 Å². The highest BCUT2D eigenvalue weighted by atomic mass is 16.5. The van der Waals surface area contributed by atoms with Crippen LogP contribution < -0.4 is 0 Å². The molecule has 2 heterocycles. The van der Waals surface area contributed by atoms with Gasteiger partial charge in [-0.15, -0.1) is 0 Å². The number of hydrogen-bond acceptors (Lipinski definition) is 3. The zero-order valence-electron chi connectivity index (χ0n) is 14.5. The van der Waals surface area contributed by atoms with Gasteiger partial charge in [0.15, 0.2) is 5.69 Å². The topological polar surface area (TPSA) is 59.9 Å². The third-order valence-electron chi connectivity index (χ3n) is 4.30. The van der Waals surface area contributed by atoms with Gasteiger partial charge in [0.2, 0.25) is 0 Å². The predicted octanol–water partition coefficient (Wildman–Crippen LogP) is 4.26. The fraction of sp³-hybridized carbons (Fsp3) is 0.143. The van der Waals surface area contributed by atoms with Gasteiger partial charge in [0.25, 0.3) is 0 Å². The third kappa shape index (κ3) is 2.99. The molecule has 0 bridgehead atoms. The van der Waals surface area contributed by atoms with E-state index >= 15 is 0 Å². The summed E-state index contributed by atoms with van der Waals surface area (Å²) in [4.78, 5) is 15.5. The Morgan fingerprint density at radius 3 is 2.69 bits per heavy atom. The first-order valence-electron chi connectivity index (χ1n) is 8.61. The summed E-state index contributed by atoms with van der Waals surface area (Å²) in [7, 11) is 0. The number of fused-ring (bicyclic) bond motifs is 1. The maximum absolute atomic E-state index is 12.2. The highest BCUT2D eigenvalue weighted by Gasteiger charge is 2.18. The molecule has 1 N–H and O–H groups in total. The molecule has 4 aromatic rings. The molecular weight excluding hydrogens is 326 g/mol. The summed E-state index contributed by atoms with van der Waals surface area (Å²) in [5.41, 5.74) is 4.39. The number of esters is 1. The number of benzene rings is 2. The van der Waals surface area contributed by atoms with Crippen LogP contribution in [0, 0.1) is 0 Å². The Morgan fingerprint density at radius 1 is 1.12 bits per heavy atom. The summed E-state index contributed by atoms with van der Waals surface area (Å²) in [6.07, 6.45) is 1.96. The van der Waals surface area contributed by atoms with Gasteiger partial charge in [-0.1, -0.05) is 48.5 Å². The Balaban J connectivity index is 1.82. The van der Waals surface area contributed by atoms with E-state index in [2.05, 4.69) is 16.1 Å². The first-order valence-corrected chi connectivity index (χ1v) is 8.61. The molecule has 0 spiro atoms. The van der Waals surface area contributed by atoms with Gasteiger partial charge in [-0.25, -0.2) is 4.79 Å². The molecule has 0 unspecified atom stereocenters. The minimum absolute atomic E-state index is 0.322. The number of aromatic nitrogens is 3. The second-order valence-corrected chi connectivity index (χ2v) is 6.03. The van der Waals surface area contributed by atoms with Crippen molar-refractivity contribution in [1.29, 1.82) is 0 Å². The van der Waals surface area contributed by atoms with Crippen LogP contribution in [0.3, 0.4) is 0 Å². The van der Waals surface area contributed by atoms with Crippen molar-refractivity contribution < 1.29 is 9.53 Å². The van der Waals surface area contributed by atoms with Gasteiger partial charge in [0.05, 0.1) is 18.8 Å². The van der Waals surface area contributed by atoms with E-state index < -0.39 is 5.97 Å². The normalized spacial score (nSPS) is 11.0. The summed E-state index contributed by atoms with van der Waals surface area (Å²) in [5, 5.41) is 5.61. The number of aromatic amines is 1. The molecule has 0 saturated carbocycles. The highest BCUT2D eigenvalue weighted by Crippen LogP contribution is 2.29. The molecule has 4 rings (SSSR count). The zero-order chi connectivity index (χ0) is 17.9. The Kier molecular flexibility index (Phi) is 4.27. The van der Waals surface area contributed by atoms with Gasteiger partial charge in [0.1, 0.15) is 0 Å². The molecule has 0 amide bonds. The van der Waals surface area contributed by atoms with E-state index in [0.717, 1.165) is 27.7 Å². The lowest BCUT2D eigenvalue weighted by molar-refractivity contribution is 0.0518. The van der Waals surface area contributed by atoms with Gasteiger partial charge in [0, 0.05) is 22.7 Å². The largest absolute Gasteiger partial charge is 0.461 e. The fourth-order valence-corrected chi connectivity index (χ4v) is 3.10. The highest BCUT2D eigenvalue weighted by molar-refractivity contribution is 5.96. The Labute approximate surface area is 151 Å². The molecule has 0 atom stereocenters. The molecule has 5 nitrogen and oxygen atoms in total. The smallest absolute Gasteiger partial charge is 0.358 e. The monoisotopic (exact) mass is 345 g/mol. The predicted molar refractivity (Wildman–Crippen MR) is 101 cm³/mol. The second-order valence-electron chi connectivity index (χ2n) is 6.03. The van der Waals surface area contributed by atoms with Gasteiger partial charge in [-0.2, -0.15) is 5.10 Å². The SMILES string of the molecule is CCOC(=O)c1cc(-c2c[nH]c3ccccc23)n(Cc2ccccc2)n1. The van der Waals surface area contributed by atoms with Crippen molar-refractivity contribution in [3.8, 4) is 11.3 Å². The van der Waals surface area contributed by atoms with Crippen molar-refractivity contribution in [1.82, 2.24) is 14.8 Å². The minimum atomic E-state index is -0.402. The molecule has 0 aliphatic rings. The van der Waals surface area contributed by atoms with E-state index in [1.165, 1.54) is 0 Å². The summed E-state index contributed by atoms with van der Waals surface area (Å²) in [6.45, 7) is 2.70. The molecule has 0 fully saturated rings. The van der Waals surface area contributed by atoms with Crippen LogP contribution in [0.25, 0.3) is 22.2 Å². The lowest BCUT2D eigenvalue weighted by Crippen LogP contribution is -2.08. The molecule has 0 aliphatic carbocycles. The minimum Gasteiger partial charge on any atom is -0.461 e. The van der Waals surface area contributed by atoms with E-state index in [4.69, 9.17) is 4.74 Å². The van der Waals surface area contributed by atoms with Crippen molar-refractivity contribution in [2.75, 3.05) is 6.61 Å². The van der Waals surface area contributed by atoms with Crippen molar-refractivity contribution in [3.05, 3.63) is 78.1 Å². The fourth-order valence-electron chi connectivity index (χ4n) is 3.10. The van der Waals surface area contributed by atoms with E-state index in [1.807, 2.05) is 59.4 Å². The van der Waals surface area contributed by atoms with Crippen molar-refractivity contribution in [2.45, 2.75) is 13.5 Å². The first-order chi connectivity index (χ1) is 12.8. The van der Waals surface area contributed by atoms with Crippen LogP contribution >= 0.6 is 0 Å². The number of nitrogens with zero attached hydrogens (tertiary/aromatic N) is 2. The van der Waals surface area contributed by atoms with Crippen LogP contribution in [-0.2, 0) is 11.3 Å². The molecule has 5 heteroatoms. The molecule has 26 heavy (non-hydrogen) atoms. The van der Waals surface area contributed by atoms with Gasteiger partial charge >= 0.3 is 5.97 Å². The summed E-state index contributed by atoms with van der Waals surface area (Å²) < 4.78 is 6.99. The van der Waals surface area contributed by atoms with Crippen molar-refractivity contribution in [3.63, 3.8) is 0 Å². The van der Waals surface area contributed by atoms with Crippen LogP contribution in [0.5, 0.6) is 0 Å². The van der Waals surface area contributed by atoms with Crippen LogP contribution in [0.15, 0.2) is 66.9 Å². The zero-order valence-corrected chi connectivity index (χ0v) is 14.5. The summed E-state index contributed by atoms with van der Waals surface area (Å²) >= 11 is 0. The molecule has 0 radical (unpaired) electrons. The number of ether oxygens (including phenoxy) is 1. The average Bonchev–Trinajstić information content (AvgIpc) is 3.27. The van der Waals surface area contributed by atoms with Crippen LogP contribution in [0.4, 0.5) is 0 Å². The maximum Gasteiger partial charge on any atom is 0.358 e. The first kappa shape index (κ1) is 16.1. The molecule has 0 saturated heterocycles. The van der Waals surface area contributed by atoms with E-state index in [9.17, 15) is 4.79 Å². The molecule has 2 aromatic heterocycles. The number of hydrogen-bond donors (Lipinski definition) is 1. The number of nitrogens with one attached hydrogen (secondary N) is 1. The molecule has 2 aromatic carbocycles. The van der Waals surface area contributed by atoms with Crippen LogP contribution in [0.2, 0.25) is 0 Å². The van der Waals surface area contributed by atoms with Gasteiger partial charge in [-0.05, 0) is 24.6 Å². The number of para-hydroxylation sites is 1.